The zero-order valence-electron chi connectivity index (χ0n) is 12.9. The van der Waals surface area contributed by atoms with Crippen molar-refractivity contribution >= 4 is 35.0 Å². The molecule has 0 spiro atoms. The van der Waals surface area contributed by atoms with Crippen LogP contribution < -0.4 is 9.80 Å². The Labute approximate surface area is 138 Å². The van der Waals surface area contributed by atoms with E-state index in [1.165, 1.54) is 6.92 Å². The van der Waals surface area contributed by atoms with E-state index in [1.54, 1.807) is 60.7 Å². The second-order valence-corrected chi connectivity index (χ2v) is 5.34. The van der Waals surface area contributed by atoms with Gasteiger partial charge in [-0.1, -0.05) is 36.4 Å². The predicted octanol–water partition coefficient (Wildman–Crippen LogP) is 2.39. The summed E-state index contributed by atoms with van der Waals surface area (Å²) in [5, 5.41) is 0. The van der Waals surface area contributed by atoms with Crippen molar-refractivity contribution in [2.45, 2.75) is 6.92 Å². The van der Waals surface area contributed by atoms with E-state index >= 15 is 0 Å². The van der Waals surface area contributed by atoms with Crippen LogP contribution in [0.4, 0.5) is 16.2 Å². The molecule has 1 aliphatic rings. The maximum Gasteiger partial charge on any atom is 0.342 e. The molecule has 1 aliphatic heterocycles. The average molecular weight is 322 g/mol. The highest BCUT2D eigenvalue weighted by Crippen LogP contribution is 2.28. The van der Waals surface area contributed by atoms with E-state index in [2.05, 4.69) is 0 Å². The first-order chi connectivity index (χ1) is 11.5. The molecule has 1 saturated heterocycles. The van der Waals surface area contributed by atoms with Crippen LogP contribution >= 0.6 is 0 Å². The first kappa shape index (κ1) is 15.6. The zero-order chi connectivity index (χ0) is 17.3. The molecule has 0 radical (unpaired) electrons. The second-order valence-electron chi connectivity index (χ2n) is 5.34. The quantitative estimate of drug-likeness (QED) is 0.813. The topological polar surface area (TPSA) is 74.8 Å². The Balaban J connectivity index is 2.13. The lowest BCUT2D eigenvalue weighted by Crippen LogP contribution is -2.62. The van der Waals surface area contributed by atoms with E-state index < -0.39 is 29.5 Å². The van der Waals surface area contributed by atoms with Crippen LogP contribution in [0.1, 0.15) is 6.92 Å². The maximum atomic E-state index is 12.8. The van der Waals surface area contributed by atoms with E-state index in [-0.39, 0.29) is 0 Å². The van der Waals surface area contributed by atoms with Crippen LogP contribution in [0.2, 0.25) is 0 Å². The number of amides is 4. The van der Waals surface area contributed by atoms with Crippen molar-refractivity contribution in [2.24, 2.45) is 5.92 Å². The molecule has 120 valence electrons. The highest BCUT2D eigenvalue weighted by Gasteiger charge is 2.49. The number of barbiturate groups is 1. The molecule has 1 fully saturated rings. The van der Waals surface area contributed by atoms with Gasteiger partial charge in [0.2, 0.25) is 0 Å². The van der Waals surface area contributed by atoms with E-state index in [0.717, 1.165) is 9.80 Å². The Hall–Kier alpha value is -3.28. The van der Waals surface area contributed by atoms with Gasteiger partial charge in [0.1, 0.15) is 0 Å². The summed E-state index contributed by atoms with van der Waals surface area (Å²) in [6.07, 6.45) is 0. The number of nitrogens with zero attached hydrogens (tertiary/aromatic N) is 2. The maximum absolute atomic E-state index is 12.8. The molecule has 6 nitrogen and oxygen atoms in total. The summed E-state index contributed by atoms with van der Waals surface area (Å²) < 4.78 is 0. The van der Waals surface area contributed by atoms with Gasteiger partial charge in [0.25, 0.3) is 11.8 Å². The molecule has 6 heteroatoms. The number of hydrogen-bond acceptors (Lipinski definition) is 4. The number of urea groups is 1. The number of rotatable bonds is 3. The molecule has 1 heterocycles. The first-order valence-electron chi connectivity index (χ1n) is 7.35. The third-order valence-corrected chi connectivity index (χ3v) is 3.75. The Bertz CT molecular complexity index is 756. The largest absolute Gasteiger partial charge is 0.342 e. The van der Waals surface area contributed by atoms with Crippen LogP contribution in [0.5, 0.6) is 0 Å². The van der Waals surface area contributed by atoms with Crippen molar-refractivity contribution in [3.63, 3.8) is 0 Å². The monoisotopic (exact) mass is 322 g/mol. The molecule has 0 atom stereocenters. The SMILES string of the molecule is CC(=O)C1C(=O)N(c2ccccc2)C(=O)N(c2ccccc2)C1=O. The molecule has 3 rings (SSSR count). The van der Waals surface area contributed by atoms with Gasteiger partial charge in [-0.25, -0.2) is 14.6 Å². The van der Waals surface area contributed by atoms with Gasteiger partial charge < -0.3 is 0 Å². The first-order valence-corrected chi connectivity index (χ1v) is 7.35. The molecule has 4 amide bonds. The fourth-order valence-corrected chi connectivity index (χ4v) is 2.63. The normalized spacial score (nSPS) is 15.8. The van der Waals surface area contributed by atoms with Gasteiger partial charge in [-0.3, -0.25) is 14.4 Å². The van der Waals surface area contributed by atoms with Crippen molar-refractivity contribution < 1.29 is 19.2 Å². The predicted molar refractivity (Wildman–Crippen MR) is 87.4 cm³/mol. The number of Topliss-reactive ketones (excluding diaryl/α,β-unsaturated/α-hetero) is 1. The minimum atomic E-state index is -1.52. The molecule has 24 heavy (non-hydrogen) atoms. The van der Waals surface area contributed by atoms with E-state index in [4.69, 9.17) is 0 Å². The van der Waals surface area contributed by atoms with Crippen molar-refractivity contribution in [1.29, 1.82) is 0 Å². The molecule has 0 N–H and O–H groups in total. The number of carbonyl (C=O) groups is 4. The fraction of sp³-hybridized carbons (Fsp3) is 0.111. The molecule has 0 aliphatic carbocycles. The molecule has 0 saturated carbocycles. The number of para-hydroxylation sites is 2. The summed E-state index contributed by atoms with van der Waals surface area (Å²) in [5.74, 6) is -3.77. The van der Waals surface area contributed by atoms with Crippen molar-refractivity contribution in [2.75, 3.05) is 9.80 Å². The van der Waals surface area contributed by atoms with E-state index in [1.807, 2.05) is 0 Å². The fourth-order valence-electron chi connectivity index (χ4n) is 2.63. The smallest absolute Gasteiger partial charge is 0.299 e. The van der Waals surface area contributed by atoms with Gasteiger partial charge in [0.15, 0.2) is 11.7 Å². The van der Waals surface area contributed by atoms with Gasteiger partial charge in [-0.05, 0) is 31.2 Å². The summed E-state index contributed by atoms with van der Waals surface area (Å²) >= 11 is 0. The van der Waals surface area contributed by atoms with Crippen LogP contribution in [0.25, 0.3) is 0 Å². The van der Waals surface area contributed by atoms with Gasteiger partial charge in [0.05, 0.1) is 11.4 Å². The lowest BCUT2D eigenvalue weighted by atomic mass is 9.98. The summed E-state index contributed by atoms with van der Waals surface area (Å²) in [7, 11) is 0. The molecule has 0 bridgehead atoms. The van der Waals surface area contributed by atoms with Gasteiger partial charge in [-0.2, -0.15) is 0 Å². The molecular formula is C18H14N2O4. The highest BCUT2D eigenvalue weighted by atomic mass is 16.2. The molecule has 0 aromatic heterocycles. The minimum Gasteiger partial charge on any atom is -0.299 e. The Morgan fingerprint density at radius 3 is 1.46 bits per heavy atom. The van der Waals surface area contributed by atoms with Crippen LogP contribution in [-0.2, 0) is 14.4 Å². The molecule has 2 aromatic carbocycles. The van der Waals surface area contributed by atoms with Crippen molar-refractivity contribution in [3.05, 3.63) is 60.7 Å². The summed E-state index contributed by atoms with van der Waals surface area (Å²) in [6, 6.07) is 15.7. The molecular weight excluding hydrogens is 308 g/mol. The minimum absolute atomic E-state index is 0.312. The highest BCUT2D eigenvalue weighted by molar-refractivity contribution is 6.41. The van der Waals surface area contributed by atoms with Crippen molar-refractivity contribution in [3.8, 4) is 0 Å². The van der Waals surface area contributed by atoms with Crippen LogP contribution in [0, 0.1) is 5.92 Å². The number of benzene rings is 2. The standard InChI is InChI=1S/C18H14N2O4/c1-12(21)15-16(22)19(13-8-4-2-5-9-13)18(24)20(17(15)23)14-10-6-3-7-11-14/h2-11,15H,1H3. The van der Waals surface area contributed by atoms with Crippen LogP contribution in [0.3, 0.4) is 0 Å². The van der Waals surface area contributed by atoms with Crippen LogP contribution in [-0.4, -0.2) is 23.6 Å². The summed E-state index contributed by atoms with van der Waals surface area (Å²) in [4.78, 5) is 51.6. The number of anilines is 2. The Morgan fingerprint density at radius 1 is 0.750 bits per heavy atom. The third-order valence-electron chi connectivity index (χ3n) is 3.75. The lowest BCUT2D eigenvalue weighted by molar-refractivity contribution is -0.139. The summed E-state index contributed by atoms with van der Waals surface area (Å²) in [6.45, 7) is 1.17. The molecule has 2 aromatic rings. The van der Waals surface area contributed by atoms with Crippen LogP contribution in [0.15, 0.2) is 60.7 Å². The van der Waals surface area contributed by atoms with Gasteiger partial charge in [0, 0.05) is 0 Å². The summed E-state index contributed by atoms with van der Waals surface area (Å²) in [5.41, 5.74) is 0.624. The van der Waals surface area contributed by atoms with Gasteiger partial charge >= 0.3 is 6.03 Å². The van der Waals surface area contributed by atoms with E-state index in [0.29, 0.717) is 11.4 Å². The zero-order valence-corrected chi connectivity index (χ0v) is 12.9. The number of ketones is 1. The number of hydrogen-bond donors (Lipinski definition) is 0. The third kappa shape index (κ3) is 2.48. The Kier molecular flexibility index (Phi) is 3.95. The average Bonchev–Trinajstić information content (AvgIpc) is 2.56. The number of imide groups is 2. The van der Waals surface area contributed by atoms with Crippen molar-refractivity contribution in [1.82, 2.24) is 0 Å². The second kappa shape index (κ2) is 6.08. The lowest BCUT2D eigenvalue weighted by Gasteiger charge is -2.35. The van der Waals surface area contributed by atoms with E-state index in [9.17, 15) is 19.2 Å². The number of carbonyl (C=O) groups excluding carboxylic acids is 4. The molecule has 0 unspecified atom stereocenters. The van der Waals surface area contributed by atoms with Gasteiger partial charge in [-0.15, -0.1) is 0 Å². The Morgan fingerprint density at radius 2 is 1.12 bits per heavy atom.